The first-order valence-electron chi connectivity index (χ1n) is 7.05. The van der Waals surface area contributed by atoms with Crippen LogP contribution in [0.4, 0.5) is 5.82 Å². The molecule has 18 heavy (non-hydrogen) atoms. The molecule has 0 aromatic carbocycles. The van der Waals surface area contributed by atoms with Crippen LogP contribution in [0.3, 0.4) is 0 Å². The van der Waals surface area contributed by atoms with Crippen molar-refractivity contribution >= 4 is 17.6 Å². The molecule has 1 aromatic rings. The standard InChI is InChI=1S/C14H23N3S/c1-3-9-15-14-11-7-5-6-8-12(11)16-13(17-14)10-18-4-2/h3-10H2,1-2H3,(H,15,16,17). The molecule has 0 fully saturated rings. The lowest BCUT2D eigenvalue weighted by atomic mass is 9.96. The first-order chi connectivity index (χ1) is 8.85. The van der Waals surface area contributed by atoms with Crippen molar-refractivity contribution in [1.29, 1.82) is 0 Å². The maximum atomic E-state index is 4.75. The minimum Gasteiger partial charge on any atom is -0.370 e. The summed E-state index contributed by atoms with van der Waals surface area (Å²) in [5, 5.41) is 3.48. The number of aromatic nitrogens is 2. The van der Waals surface area contributed by atoms with E-state index in [2.05, 4.69) is 19.2 Å². The molecule has 2 rings (SSSR count). The van der Waals surface area contributed by atoms with Gasteiger partial charge in [-0.05, 0) is 37.9 Å². The summed E-state index contributed by atoms with van der Waals surface area (Å²) in [7, 11) is 0. The average Bonchev–Trinajstić information content (AvgIpc) is 2.42. The van der Waals surface area contributed by atoms with Gasteiger partial charge in [-0.1, -0.05) is 13.8 Å². The van der Waals surface area contributed by atoms with Crippen molar-refractivity contribution < 1.29 is 0 Å². The van der Waals surface area contributed by atoms with E-state index in [0.29, 0.717) is 0 Å². The van der Waals surface area contributed by atoms with Crippen LogP contribution in [-0.2, 0) is 18.6 Å². The quantitative estimate of drug-likeness (QED) is 0.855. The normalized spacial score (nSPS) is 14.3. The molecular formula is C14H23N3S. The summed E-state index contributed by atoms with van der Waals surface area (Å²) >= 11 is 1.89. The number of fused-ring (bicyclic) bond motifs is 1. The van der Waals surface area contributed by atoms with Crippen LogP contribution in [0.2, 0.25) is 0 Å². The second-order valence-corrected chi connectivity index (χ2v) is 5.96. The highest BCUT2D eigenvalue weighted by atomic mass is 32.2. The number of rotatable bonds is 6. The fraction of sp³-hybridized carbons (Fsp3) is 0.714. The van der Waals surface area contributed by atoms with Crippen LogP contribution in [-0.4, -0.2) is 22.3 Å². The molecule has 0 aliphatic heterocycles. The van der Waals surface area contributed by atoms with Gasteiger partial charge in [-0.15, -0.1) is 0 Å². The molecule has 4 heteroatoms. The highest BCUT2D eigenvalue weighted by molar-refractivity contribution is 7.98. The Balaban J connectivity index is 2.22. The van der Waals surface area contributed by atoms with Crippen LogP contribution in [0.5, 0.6) is 0 Å². The summed E-state index contributed by atoms with van der Waals surface area (Å²) in [6.45, 7) is 5.37. The molecule has 0 saturated heterocycles. The van der Waals surface area contributed by atoms with Crippen LogP contribution in [0, 0.1) is 0 Å². The third-order valence-electron chi connectivity index (χ3n) is 3.21. The lowest BCUT2D eigenvalue weighted by Crippen LogP contribution is -2.15. The fourth-order valence-corrected chi connectivity index (χ4v) is 2.81. The van der Waals surface area contributed by atoms with Gasteiger partial charge in [0.1, 0.15) is 11.6 Å². The molecule has 1 N–H and O–H groups in total. The molecule has 0 bridgehead atoms. The highest BCUT2D eigenvalue weighted by Gasteiger charge is 2.17. The number of aryl methyl sites for hydroxylation is 1. The molecule has 0 saturated carbocycles. The molecule has 0 amide bonds. The largest absolute Gasteiger partial charge is 0.370 e. The third-order valence-corrected chi connectivity index (χ3v) is 4.08. The Morgan fingerprint density at radius 1 is 1.17 bits per heavy atom. The lowest BCUT2D eigenvalue weighted by molar-refractivity contribution is 0.658. The van der Waals surface area contributed by atoms with E-state index in [1.165, 1.54) is 24.1 Å². The van der Waals surface area contributed by atoms with Gasteiger partial charge in [0.2, 0.25) is 0 Å². The van der Waals surface area contributed by atoms with Gasteiger partial charge in [-0.25, -0.2) is 9.97 Å². The Hall–Kier alpha value is -0.770. The number of hydrogen-bond acceptors (Lipinski definition) is 4. The Labute approximate surface area is 114 Å². The van der Waals surface area contributed by atoms with Crippen LogP contribution < -0.4 is 5.32 Å². The van der Waals surface area contributed by atoms with Crippen LogP contribution in [0.1, 0.15) is 50.2 Å². The van der Waals surface area contributed by atoms with Gasteiger partial charge in [-0.3, -0.25) is 0 Å². The molecule has 100 valence electrons. The Bertz CT molecular complexity index is 393. The number of hydrogen-bond donors (Lipinski definition) is 1. The molecule has 1 aliphatic rings. The van der Waals surface area contributed by atoms with Gasteiger partial charge in [0.25, 0.3) is 0 Å². The number of nitrogens with one attached hydrogen (secondary N) is 1. The van der Waals surface area contributed by atoms with Crippen molar-refractivity contribution in [3.05, 3.63) is 17.1 Å². The summed E-state index contributed by atoms with van der Waals surface area (Å²) in [4.78, 5) is 9.47. The second-order valence-electron chi connectivity index (χ2n) is 4.68. The van der Waals surface area contributed by atoms with Crippen LogP contribution >= 0.6 is 11.8 Å². The Morgan fingerprint density at radius 2 is 2.00 bits per heavy atom. The Kier molecular flexibility index (Phi) is 5.29. The minimum absolute atomic E-state index is 0.935. The van der Waals surface area contributed by atoms with Gasteiger partial charge < -0.3 is 5.32 Å². The molecule has 0 radical (unpaired) electrons. The number of thioether (sulfide) groups is 1. The zero-order chi connectivity index (χ0) is 12.8. The maximum absolute atomic E-state index is 4.75. The van der Waals surface area contributed by atoms with E-state index in [9.17, 15) is 0 Å². The zero-order valence-corrected chi connectivity index (χ0v) is 12.3. The molecule has 1 aliphatic carbocycles. The fourth-order valence-electron chi connectivity index (χ4n) is 2.29. The van der Waals surface area contributed by atoms with Crippen molar-refractivity contribution in [3.63, 3.8) is 0 Å². The second kappa shape index (κ2) is 6.98. The summed E-state index contributed by atoms with van der Waals surface area (Å²) < 4.78 is 0. The topological polar surface area (TPSA) is 37.8 Å². The monoisotopic (exact) mass is 265 g/mol. The predicted octanol–water partition coefficient (Wildman–Crippen LogP) is 3.43. The van der Waals surface area contributed by atoms with E-state index in [4.69, 9.17) is 9.97 Å². The first kappa shape index (κ1) is 13.7. The van der Waals surface area contributed by atoms with Crippen molar-refractivity contribution in [1.82, 2.24) is 9.97 Å². The van der Waals surface area contributed by atoms with E-state index in [1.54, 1.807) is 0 Å². The van der Waals surface area contributed by atoms with Gasteiger partial charge >= 0.3 is 0 Å². The minimum atomic E-state index is 0.935. The SMILES string of the molecule is CCCNc1nc(CSCC)nc2c1CCCC2. The van der Waals surface area contributed by atoms with Gasteiger partial charge in [0.05, 0.1) is 5.75 Å². The Morgan fingerprint density at radius 3 is 2.78 bits per heavy atom. The van der Waals surface area contributed by atoms with Crippen molar-refractivity contribution in [2.24, 2.45) is 0 Å². The van der Waals surface area contributed by atoms with Gasteiger partial charge in [0, 0.05) is 17.8 Å². The summed E-state index contributed by atoms with van der Waals surface area (Å²) in [6, 6.07) is 0. The summed E-state index contributed by atoms with van der Waals surface area (Å²) in [6.07, 6.45) is 5.96. The van der Waals surface area contributed by atoms with E-state index < -0.39 is 0 Å². The highest BCUT2D eigenvalue weighted by Crippen LogP contribution is 2.26. The third kappa shape index (κ3) is 3.37. The molecule has 0 spiro atoms. The van der Waals surface area contributed by atoms with E-state index in [1.807, 2.05) is 11.8 Å². The molecule has 3 nitrogen and oxygen atoms in total. The maximum Gasteiger partial charge on any atom is 0.140 e. The van der Waals surface area contributed by atoms with Crippen LogP contribution in [0.15, 0.2) is 0 Å². The van der Waals surface area contributed by atoms with E-state index in [-0.39, 0.29) is 0 Å². The first-order valence-corrected chi connectivity index (χ1v) is 8.20. The molecular weight excluding hydrogens is 242 g/mol. The van der Waals surface area contributed by atoms with Crippen molar-refractivity contribution in [3.8, 4) is 0 Å². The number of nitrogens with zero attached hydrogens (tertiary/aromatic N) is 2. The lowest BCUT2D eigenvalue weighted by Gasteiger charge is -2.19. The van der Waals surface area contributed by atoms with Crippen molar-refractivity contribution in [2.75, 3.05) is 17.6 Å². The zero-order valence-electron chi connectivity index (χ0n) is 11.5. The smallest absolute Gasteiger partial charge is 0.140 e. The molecule has 0 unspecified atom stereocenters. The average molecular weight is 265 g/mol. The van der Waals surface area contributed by atoms with Gasteiger partial charge in [0.15, 0.2) is 0 Å². The summed E-state index contributed by atoms with van der Waals surface area (Å²) in [5.41, 5.74) is 2.67. The van der Waals surface area contributed by atoms with Crippen molar-refractivity contribution in [2.45, 2.75) is 51.7 Å². The van der Waals surface area contributed by atoms with E-state index >= 15 is 0 Å². The molecule has 1 heterocycles. The predicted molar refractivity (Wildman–Crippen MR) is 79.3 cm³/mol. The van der Waals surface area contributed by atoms with E-state index in [0.717, 1.165) is 49.0 Å². The molecule has 0 atom stereocenters. The van der Waals surface area contributed by atoms with Crippen LogP contribution in [0.25, 0.3) is 0 Å². The van der Waals surface area contributed by atoms with Gasteiger partial charge in [-0.2, -0.15) is 11.8 Å². The summed E-state index contributed by atoms with van der Waals surface area (Å²) in [5.74, 6) is 4.16. The number of anilines is 1. The molecule has 1 aromatic heterocycles.